The first-order valence-corrected chi connectivity index (χ1v) is 10.2. The van der Waals surface area contributed by atoms with E-state index in [1.165, 1.54) is 62.3 Å². The fourth-order valence-corrected chi connectivity index (χ4v) is 5.14. The molecule has 3 heterocycles. The molecule has 0 N–H and O–H groups in total. The van der Waals surface area contributed by atoms with Crippen LogP contribution in [0.1, 0.15) is 43.0 Å². The Morgan fingerprint density at radius 2 is 1.87 bits per heavy atom. The van der Waals surface area contributed by atoms with E-state index in [0.717, 1.165) is 25.0 Å². The molecule has 0 aliphatic carbocycles. The Balaban J connectivity index is 1.44. The minimum absolute atomic E-state index is 0.799. The van der Waals surface area contributed by atoms with E-state index in [-0.39, 0.29) is 0 Å². The fourth-order valence-electron chi connectivity index (χ4n) is 4.22. The van der Waals surface area contributed by atoms with Crippen LogP contribution in [0.3, 0.4) is 0 Å². The number of hydrogen-bond donors (Lipinski definition) is 0. The second kappa shape index (κ2) is 8.11. The van der Waals surface area contributed by atoms with Gasteiger partial charge in [-0.2, -0.15) is 0 Å². The average molecular weight is 336 g/mol. The Labute approximate surface area is 146 Å². The van der Waals surface area contributed by atoms with Crippen molar-refractivity contribution in [2.75, 3.05) is 40.3 Å². The molecular weight excluding hydrogens is 302 g/mol. The molecule has 130 valence electrons. The van der Waals surface area contributed by atoms with E-state index in [4.69, 9.17) is 0 Å². The van der Waals surface area contributed by atoms with Crippen LogP contribution in [0.15, 0.2) is 11.4 Å². The number of nitrogens with zero attached hydrogens (tertiary/aromatic N) is 3. The molecule has 1 aromatic heterocycles. The molecule has 4 heteroatoms. The second-order valence-corrected chi connectivity index (χ2v) is 8.75. The van der Waals surface area contributed by atoms with Gasteiger partial charge in [0, 0.05) is 24.0 Å². The number of rotatable bonds is 6. The highest BCUT2D eigenvalue weighted by Gasteiger charge is 2.28. The molecule has 0 spiro atoms. The van der Waals surface area contributed by atoms with E-state index >= 15 is 0 Å². The van der Waals surface area contributed by atoms with Gasteiger partial charge in [0.15, 0.2) is 0 Å². The van der Waals surface area contributed by atoms with Crippen LogP contribution in [0.25, 0.3) is 0 Å². The fraction of sp³-hybridized carbons (Fsp3) is 0.789. The Morgan fingerprint density at radius 1 is 1.17 bits per heavy atom. The van der Waals surface area contributed by atoms with Gasteiger partial charge in [-0.1, -0.05) is 0 Å². The van der Waals surface area contributed by atoms with Crippen molar-refractivity contribution >= 4 is 11.3 Å². The molecule has 23 heavy (non-hydrogen) atoms. The van der Waals surface area contributed by atoms with Crippen molar-refractivity contribution in [1.29, 1.82) is 0 Å². The summed E-state index contributed by atoms with van der Waals surface area (Å²) in [6, 6.07) is 3.21. The standard InChI is InChI=1S/C19H33N3S/c1-16(22-8-4-5-9-22)18-6-10-21(11-7-18)14-19-12-17(15-23-19)13-20(2)3/h12,15-16,18H,4-11,13-14H2,1-3H3/t16-/m0/s1. The van der Waals surface area contributed by atoms with Crippen LogP contribution in [0.5, 0.6) is 0 Å². The van der Waals surface area contributed by atoms with Crippen molar-refractivity contribution in [3.05, 3.63) is 21.9 Å². The van der Waals surface area contributed by atoms with Crippen LogP contribution in [-0.4, -0.2) is 61.0 Å². The quantitative estimate of drug-likeness (QED) is 0.788. The molecule has 2 fully saturated rings. The zero-order valence-corrected chi connectivity index (χ0v) is 15.9. The minimum Gasteiger partial charge on any atom is -0.305 e. The number of likely N-dealkylation sites (tertiary alicyclic amines) is 2. The van der Waals surface area contributed by atoms with E-state index in [1.54, 1.807) is 0 Å². The van der Waals surface area contributed by atoms with Gasteiger partial charge < -0.3 is 9.80 Å². The number of piperidine rings is 1. The van der Waals surface area contributed by atoms with Gasteiger partial charge in [-0.15, -0.1) is 11.3 Å². The van der Waals surface area contributed by atoms with Crippen molar-refractivity contribution in [2.24, 2.45) is 5.92 Å². The lowest BCUT2D eigenvalue weighted by Gasteiger charge is -2.38. The zero-order chi connectivity index (χ0) is 16.2. The molecular formula is C19H33N3S. The summed E-state index contributed by atoms with van der Waals surface area (Å²) in [6.45, 7) is 9.93. The van der Waals surface area contributed by atoms with Gasteiger partial charge in [0.25, 0.3) is 0 Å². The molecule has 1 aromatic rings. The van der Waals surface area contributed by atoms with Gasteiger partial charge in [0.05, 0.1) is 0 Å². The van der Waals surface area contributed by atoms with Gasteiger partial charge in [-0.25, -0.2) is 0 Å². The van der Waals surface area contributed by atoms with Gasteiger partial charge in [0.1, 0.15) is 0 Å². The van der Waals surface area contributed by atoms with E-state index < -0.39 is 0 Å². The summed E-state index contributed by atoms with van der Waals surface area (Å²) < 4.78 is 0. The molecule has 0 amide bonds. The molecule has 1 atom stereocenters. The van der Waals surface area contributed by atoms with E-state index in [9.17, 15) is 0 Å². The normalized spacial score (nSPS) is 23.0. The summed E-state index contributed by atoms with van der Waals surface area (Å²) in [6.07, 6.45) is 5.59. The van der Waals surface area contributed by atoms with Crippen LogP contribution in [0, 0.1) is 5.92 Å². The lowest BCUT2D eigenvalue weighted by molar-refractivity contribution is 0.108. The zero-order valence-electron chi connectivity index (χ0n) is 15.1. The van der Waals surface area contributed by atoms with Crippen LogP contribution in [-0.2, 0) is 13.1 Å². The molecule has 0 aromatic carbocycles. The predicted molar refractivity (Wildman–Crippen MR) is 100.0 cm³/mol. The summed E-state index contributed by atoms with van der Waals surface area (Å²) in [7, 11) is 4.29. The summed E-state index contributed by atoms with van der Waals surface area (Å²) >= 11 is 1.94. The van der Waals surface area contributed by atoms with Gasteiger partial charge in [-0.05, 0) is 95.8 Å². The van der Waals surface area contributed by atoms with E-state index in [2.05, 4.69) is 47.2 Å². The lowest BCUT2D eigenvalue weighted by Crippen LogP contribution is -2.42. The Hall–Kier alpha value is -0.420. The summed E-state index contributed by atoms with van der Waals surface area (Å²) in [4.78, 5) is 9.18. The third-order valence-electron chi connectivity index (χ3n) is 5.62. The topological polar surface area (TPSA) is 9.72 Å². The first-order chi connectivity index (χ1) is 11.1. The van der Waals surface area contributed by atoms with Gasteiger partial charge in [0.2, 0.25) is 0 Å². The van der Waals surface area contributed by atoms with Crippen molar-refractivity contribution in [3.63, 3.8) is 0 Å². The summed E-state index contributed by atoms with van der Waals surface area (Å²) in [5, 5.41) is 2.33. The van der Waals surface area contributed by atoms with Gasteiger partial charge >= 0.3 is 0 Å². The maximum Gasteiger partial charge on any atom is 0.0328 e. The maximum absolute atomic E-state index is 2.73. The molecule has 0 bridgehead atoms. The highest BCUT2D eigenvalue weighted by atomic mass is 32.1. The summed E-state index contributed by atoms with van der Waals surface area (Å²) in [5.41, 5.74) is 1.47. The number of thiophene rings is 1. The molecule has 2 aliphatic heterocycles. The van der Waals surface area contributed by atoms with Crippen molar-refractivity contribution in [1.82, 2.24) is 14.7 Å². The minimum atomic E-state index is 0.799. The smallest absolute Gasteiger partial charge is 0.0328 e. The maximum atomic E-state index is 2.73. The first-order valence-electron chi connectivity index (χ1n) is 9.29. The highest BCUT2D eigenvalue weighted by Crippen LogP contribution is 2.28. The largest absolute Gasteiger partial charge is 0.305 e. The van der Waals surface area contributed by atoms with Crippen molar-refractivity contribution < 1.29 is 0 Å². The molecule has 2 aliphatic rings. The lowest BCUT2D eigenvalue weighted by atomic mass is 9.89. The van der Waals surface area contributed by atoms with Crippen LogP contribution >= 0.6 is 11.3 Å². The predicted octanol–water partition coefficient (Wildman–Crippen LogP) is 3.51. The Morgan fingerprint density at radius 3 is 2.52 bits per heavy atom. The highest BCUT2D eigenvalue weighted by molar-refractivity contribution is 7.10. The van der Waals surface area contributed by atoms with Crippen LogP contribution < -0.4 is 0 Å². The van der Waals surface area contributed by atoms with Gasteiger partial charge in [-0.3, -0.25) is 4.90 Å². The van der Waals surface area contributed by atoms with E-state index in [0.29, 0.717) is 0 Å². The third-order valence-corrected chi connectivity index (χ3v) is 6.59. The summed E-state index contributed by atoms with van der Waals surface area (Å²) in [5.74, 6) is 0.914. The monoisotopic (exact) mass is 335 g/mol. The third kappa shape index (κ3) is 4.79. The SMILES string of the molecule is C[C@@H](C1CCN(Cc2cc(CN(C)C)cs2)CC1)N1CCCC1. The molecule has 0 unspecified atom stereocenters. The molecule has 0 radical (unpaired) electrons. The van der Waals surface area contributed by atoms with Crippen molar-refractivity contribution in [3.8, 4) is 0 Å². The first kappa shape index (κ1) is 17.4. The van der Waals surface area contributed by atoms with E-state index in [1.807, 2.05) is 11.3 Å². The van der Waals surface area contributed by atoms with Crippen molar-refractivity contribution in [2.45, 2.75) is 51.7 Å². The molecule has 3 rings (SSSR count). The molecule has 0 saturated carbocycles. The Bertz CT molecular complexity index is 471. The second-order valence-electron chi connectivity index (χ2n) is 7.76. The molecule has 3 nitrogen and oxygen atoms in total. The van der Waals surface area contributed by atoms with Crippen LogP contribution in [0.4, 0.5) is 0 Å². The number of hydrogen-bond acceptors (Lipinski definition) is 4. The molecule has 2 saturated heterocycles. The average Bonchev–Trinajstić information content (AvgIpc) is 3.19. The van der Waals surface area contributed by atoms with Crippen LogP contribution in [0.2, 0.25) is 0 Å². The Kier molecular flexibility index (Phi) is 6.13.